The SMILES string of the molecule is CN(Cc1cnc2nc(N)nc(N)c2n1)c1ccc(C(=O)CC(CCC(=O)NCCOCCOCCOCCOCCCCCCCl)C(=O)O)cc1. The summed E-state index contributed by atoms with van der Waals surface area (Å²) in [6.45, 7) is 4.44. The Morgan fingerprint density at radius 3 is 2.15 bits per heavy atom. The van der Waals surface area contributed by atoms with Gasteiger partial charge in [0.15, 0.2) is 22.8 Å². The first-order valence-electron chi connectivity index (χ1n) is 17.4. The van der Waals surface area contributed by atoms with E-state index in [1.165, 1.54) is 0 Å². The lowest BCUT2D eigenvalue weighted by Gasteiger charge is -2.19. The van der Waals surface area contributed by atoms with Crippen molar-refractivity contribution in [3.05, 3.63) is 41.7 Å². The maximum Gasteiger partial charge on any atom is 0.306 e. The topological polar surface area (TPSA) is 227 Å². The number of Topliss-reactive ketones (excluding diaryl/α,β-unsaturated/α-hetero) is 1. The second-order valence-corrected chi connectivity index (χ2v) is 12.4. The molecule has 286 valence electrons. The van der Waals surface area contributed by atoms with E-state index in [9.17, 15) is 19.5 Å². The highest BCUT2D eigenvalue weighted by Gasteiger charge is 2.23. The number of amides is 1. The fraction of sp³-hybridized carbons (Fsp3) is 0.571. The van der Waals surface area contributed by atoms with Crippen LogP contribution in [0.2, 0.25) is 0 Å². The van der Waals surface area contributed by atoms with E-state index >= 15 is 0 Å². The zero-order valence-corrected chi connectivity index (χ0v) is 30.5. The van der Waals surface area contributed by atoms with Crippen LogP contribution in [0.15, 0.2) is 30.5 Å². The average Bonchev–Trinajstić information content (AvgIpc) is 3.12. The summed E-state index contributed by atoms with van der Waals surface area (Å²) in [5, 5.41) is 12.4. The van der Waals surface area contributed by atoms with E-state index in [0.717, 1.165) is 38.0 Å². The lowest BCUT2D eigenvalue weighted by atomic mass is 9.94. The minimum Gasteiger partial charge on any atom is -0.481 e. The Labute approximate surface area is 308 Å². The Morgan fingerprint density at radius 2 is 1.50 bits per heavy atom. The zero-order chi connectivity index (χ0) is 37.6. The van der Waals surface area contributed by atoms with Crippen LogP contribution in [0.3, 0.4) is 0 Å². The first-order valence-corrected chi connectivity index (χ1v) is 18.0. The number of unbranched alkanes of at least 4 members (excludes halogenated alkanes) is 3. The molecule has 0 aliphatic heterocycles. The van der Waals surface area contributed by atoms with Crippen LogP contribution in [0.5, 0.6) is 0 Å². The number of hydrogen-bond donors (Lipinski definition) is 4. The van der Waals surface area contributed by atoms with Crippen molar-refractivity contribution in [2.75, 3.05) is 88.7 Å². The molecule has 2 aromatic heterocycles. The van der Waals surface area contributed by atoms with Crippen molar-refractivity contribution in [3.8, 4) is 0 Å². The van der Waals surface area contributed by atoms with E-state index in [2.05, 4.69) is 25.3 Å². The van der Waals surface area contributed by atoms with Gasteiger partial charge in [-0.15, -0.1) is 11.6 Å². The fourth-order valence-corrected chi connectivity index (χ4v) is 5.21. The molecule has 16 nitrogen and oxygen atoms in total. The van der Waals surface area contributed by atoms with Gasteiger partial charge in [0.2, 0.25) is 11.9 Å². The summed E-state index contributed by atoms with van der Waals surface area (Å²) in [4.78, 5) is 55.7. The quantitative estimate of drug-likeness (QED) is 0.0475. The Hall–Kier alpha value is -4.22. The molecule has 0 radical (unpaired) electrons. The summed E-state index contributed by atoms with van der Waals surface area (Å²) in [5.74, 6) is -1.89. The predicted octanol–water partition coefficient (Wildman–Crippen LogP) is 3.26. The molecule has 0 spiro atoms. The molecule has 52 heavy (non-hydrogen) atoms. The summed E-state index contributed by atoms with van der Waals surface area (Å²) in [5.41, 5.74) is 14.0. The number of anilines is 3. The number of carboxylic acids is 1. The summed E-state index contributed by atoms with van der Waals surface area (Å²) in [6, 6.07) is 6.81. The molecule has 0 bridgehead atoms. The number of rotatable bonds is 28. The third-order valence-corrected chi connectivity index (χ3v) is 8.16. The van der Waals surface area contributed by atoms with Gasteiger partial charge in [-0.05, 0) is 43.5 Å². The molecule has 1 aromatic carbocycles. The van der Waals surface area contributed by atoms with Crippen LogP contribution in [0.25, 0.3) is 11.2 Å². The first kappa shape index (κ1) is 42.2. The average molecular weight is 747 g/mol. The summed E-state index contributed by atoms with van der Waals surface area (Å²) < 4.78 is 21.9. The monoisotopic (exact) mass is 746 g/mol. The molecule has 2 heterocycles. The van der Waals surface area contributed by atoms with Gasteiger partial charge in [0, 0.05) is 50.2 Å². The predicted molar refractivity (Wildman–Crippen MR) is 197 cm³/mol. The third-order valence-electron chi connectivity index (χ3n) is 7.89. The number of alkyl halides is 1. The van der Waals surface area contributed by atoms with Gasteiger partial charge in [-0.25, -0.2) is 9.97 Å². The van der Waals surface area contributed by atoms with Crippen molar-refractivity contribution < 1.29 is 38.4 Å². The number of benzene rings is 1. The van der Waals surface area contributed by atoms with E-state index in [1.54, 1.807) is 30.5 Å². The Balaban J connectivity index is 1.25. The standard InChI is InChI=1S/C35H51ClN8O8/c1-44(24-27-23-40-33-31(41-27)32(37)42-35(38)43-33)28-9-6-25(7-10-28)29(45)22-26(34(47)48)8-11-30(46)39-13-15-50-17-19-52-21-20-51-18-16-49-14-5-3-2-4-12-36/h6-7,9-10,23,26H,2-5,8,11-22,24H2,1H3,(H,39,46)(H,47,48)(H4,37,38,40,42,43). The molecule has 0 fully saturated rings. The maximum atomic E-state index is 12.9. The zero-order valence-electron chi connectivity index (χ0n) is 29.8. The number of hydrogen-bond acceptors (Lipinski definition) is 14. The number of fused-ring (bicyclic) bond motifs is 1. The number of ketones is 1. The molecular weight excluding hydrogens is 696 g/mol. The number of nitrogens with two attached hydrogens (primary N) is 2. The Kier molecular flexibility index (Phi) is 19.6. The number of carboxylic acid groups (broad SMARTS) is 1. The number of nitrogen functional groups attached to an aromatic ring is 2. The van der Waals surface area contributed by atoms with E-state index < -0.39 is 11.9 Å². The van der Waals surface area contributed by atoms with E-state index in [4.69, 9.17) is 42.0 Å². The van der Waals surface area contributed by atoms with Gasteiger partial charge in [-0.1, -0.05) is 12.8 Å². The molecule has 3 rings (SSSR count). The van der Waals surface area contributed by atoms with Crippen molar-refractivity contribution in [3.63, 3.8) is 0 Å². The highest BCUT2D eigenvalue weighted by Crippen LogP contribution is 2.21. The second kappa shape index (κ2) is 24.1. The molecule has 0 saturated heterocycles. The maximum absolute atomic E-state index is 12.9. The number of aliphatic carboxylic acids is 1. The van der Waals surface area contributed by atoms with E-state index in [0.29, 0.717) is 74.5 Å². The van der Waals surface area contributed by atoms with Gasteiger partial charge in [0.25, 0.3) is 0 Å². The summed E-state index contributed by atoms with van der Waals surface area (Å²) >= 11 is 5.65. The van der Waals surface area contributed by atoms with Crippen LogP contribution >= 0.6 is 11.6 Å². The van der Waals surface area contributed by atoms with Crippen molar-refractivity contribution in [2.24, 2.45) is 5.92 Å². The number of ether oxygens (including phenoxy) is 4. The highest BCUT2D eigenvalue weighted by molar-refractivity contribution is 6.17. The minimum absolute atomic E-state index is 0.0190. The molecule has 0 saturated carbocycles. The van der Waals surface area contributed by atoms with Crippen LogP contribution in [-0.2, 0) is 35.1 Å². The van der Waals surface area contributed by atoms with Crippen LogP contribution in [0, 0.1) is 5.92 Å². The molecular formula is C35H51ClN8O8. The molecule has 0 aliphatic rings. The largest absolute Gasteiger partial charge is 0.481 e. The van der Waals surface area contributed by atoms with Crippen molar-refractivity contribution in [2.45, 2.75) is 51.5 Å². The molecule has 1 atom stereocenters. The number of aromatic nitrogens is 4. The lowest BCUT2D eigenvalue weighted by molar-refractivity contribution is -0.142. The number of nitrogens with one attached hydrogen (secondary N) is 1. The highest BCUT2D eigenvalue weighted by atomic mass is 35.5. The molecule has 3 aromatic rings. The Bertz CT molecular complexity index is 1530. The summed E-state index contributed by atoms with van der Waals surface area (Å²) in [6.07, 6.45) is 5.70. The van der Waals surface area contributed by atoms with Gasteiger partial charge in [0.05, 0.1) is 70.6 Å². The molecule has 6 N–H and O–H groups in total. The van der Waals surface area contributed by atoms with Gasteiger partial charge >= 0.3 is 5.97 Å². The number of carbonyl (C=O) groups excluding carboxylic acids is 2. The van der Waals surface area contributed by atoms with E-state index in [1.807, 2.05) is 11.9 Å². The molecule has 1 unspecified atom stereocenters. The smallest absolute Gasteiger partial charge is 0.306 e. The van der Waals surface area contributed by atoms with Crippen LogP contribution in [0.1, 0.15) is 61.0 Å². The van der Waals surface area contributed by atoms with Gasteiger partial charge < -0.3 is 45.7 Å². The minimum atomic E-state index is -1.13. The first-order chi connectivity index (χ1) is 25.2. The van der Waals surface area contributed by atoms with Gasteiger partial charge in [-0.2, -0.15) is 9.97 Å². The number of carbonyl (C=O) groups is 3. The number of halogens is 1. The number of nitrogens with zero attached hydrogens (tertiary/aromatic N) is 5. The molecule has 0 aliphatic carbocycles. The molecule has 17 heteroatoms. The van der Waals surface area contributed by atoms with Crippen LogP contribution < -0.4 is 21.7 Å². The van der Waals surface area contributed by atoms with Gasteiger partial charge in [-0.3, -0.25) is 14.4 Å². The van der Waals surface area contributed by atoms with Crippen molar-refractivity contribution >= 4 is 57.9 Å². The fourth-order valence-electron chi connectivity index (χ4n) is 5.02. The van der Waals surface area contributed by atoms with Crippen molar-refractivity contribution in [1.29, 1.82) is 0 Å². The Morgan fingerprint density at radius 1 is 0.865 bits per heavy atom. The van der Waals surface area contributed by atoms with Gasteiger partial charge in [0.1, 0.15) is 0 Å². The van der Waals surface area contributed by atoms with E-state index in [-0.39, 0.29) is 55.9 Å². The third kappa shape index (κ3) is 16.0. The normalized spacial score (nSPS) is 11.8. The summed E-state index contributed by atoms with van der Waals surface area (Å²) in [7, 11) is 1.85. The second-order valence-electron chi connectivity index (χ2n) is 12.0. The lowest BCUT2D eigenvalue weighted by Crippen LogP contribution is -2.29. The van der Waals surface area contributed by atoms with Crippen LogP contribution in [-0.4, -0.2) is 115 Å². The van der Waals surface area contributed by atoms with Crippen LogP contribution in [0.4, 0.5) is 17.5 Å². The molecule has 1 amide bonds. The van der Waals surface area contributed by atoms with Crippen molar-refractivity contribution in [1.82, 2.24) is 25.3 Å².